The number of allylic oxidation sites excluding steroid dienone is 2. The first kappa shape index (κ1) is 17.8. The Bertz CT molecular complexity index is 422. The number of carbonyl (C=O) groups is 1. The highest BCUT2D eigenvalue weighted by atomic mass is 16.1. The number of carbonyl (C=O) groups excluding carboxylic acids is 1. The second-order valence-corrected chi connectivity index (χ2v) is 8.28. The normalized spacial score (nSPS) is 39.7. The van der Waals surface area contributed by atoms with Gasteiger partial charge in [0, 0.05) is 6.42 Å². The summed E-state index contributed by atoms with van der Waals surface area (Å²) < 4.78 is 0. The zero-order valence-electron chi connectivity index (χ0n) is 15.5. The number of hydrogen-bond acceptors (Lipinski definition) is 1. The van der Waals surface area contributed by atoms with Gasteiger partial charge >= 0.3 is 0 Å². The summed E-state index contributed by atoms with van der Waals surface area (Å²) in [7, 11) is 0. The number of ketones is 1. The molecule has 2 aliphatic rings. The van der Waals surface area contributed by atoms with E-state index in [2.05, 4.69) is 34.6 Å². The third kappa shape index (κ3) is 3.34. The average Bonchev–Trinajstić information content (AvgIpc) is 2.47. The molecule has 2 aliphatic carbocycles. The third-order valence-electron chi connectivity index (χ3n) is 6.96. The fourth-order valence-corrected chi connectivity index (χ4v) is 5.50. The fraction of sp³-hybridized carbons (Fsp3) is 0.857. The Labute approximate surface area is 137 Å². The predicted octanol–water partition coefficient (Wildman–Crippen LogP) is 6.18. The molecular formula is C21H36O. The molecule has 0 amide bonds. The molecule has 1 saturated carbocycles. The van der Waals surface area contributed by atoms with Crippen LogP contribution in [0.5, 0.6) is 0 Å². The highest BCUT2D eigenvalue weighted by Crippen LogP contribution is 2.55. The molecule has 0 aromatic rings. The van der Waals surface area contributed by atoms with Gasteiger partial charge in [0.15, 0.2) is 5.78 Å². The largest absolute Gasteiger partial charge is 0.295 e. The van der Waals surface area contributed by atoms with Crippen LogP contribution >= 0.6 is 0 Å². The Kier molecular flexibility index (Phi) is 5.91. The van der Waals surface area contributed by atoms with Gasteiger partial charge in [-0.1, -0.05) is 65.4 Å². The van der Waals surface area contributed by atoms with Crippen molar-refractivity contribution < 1.29 is 4.79 Å². The van der Waals surface area contributed by atoms with Crippen molar-refractivity contribution in [1.29, 1.82) is 0 Å². The first-order valence-electron chi connectivity index (χ1n) is 9.65. The molecule has 0 aromatic heterocycles. The van der Waals surface area contributed by atoms with Gasteiger partial charge in [-0.25, -0.2) is 0 Å². The van der Waals surface area contributed by atoms with E-state index in [1.807, 2.05) is 6.08 Å². The maximum Gasteiger partial charge on any atom is 0.155 e. The minimum absolute atomic E-state index is 0.264. The lowest BCUT2D eigenvalue weighted by Gasteiger charge is -2.51. The van der Waals surface area contributed by atoms with Crippen molar-refractivity contribution in [2.75, 3.05) is 0 Å². The van der Waals surface area contributed by atoms with Crippen LogP contribution in [0, 0.1) is 29.1 Å². The van der Waals surface area contributed by atoms with E-state index in [4.69, 9.17) is 0 Å². The summed E-state index contributed by atoms with van der Waals surface area (Å²) >= 11 is 0. The Morgan fingerprint density at radius 1 is 1.14 bits per heavy atom. The molecule has 0 saturated heterocycles. The molecule has 0 aromatic carbocycles. The van der Waals surface area contributed by atoms with Crippen LogP contribution in [-0.4, -0.2) is 5.78 Å². The second kappa shape index (κ2) is 7.32. The van der Waals surface area contributed by atoms with Crippen LogP contribution in [0.15, 0.2) is 11.6 Å². The minimum atomic E-state index is 0.264. The van der Waals surface area contributed by atoms with Crippen molar-refractivity contribution in [2.24, 2.45) is 29.1 Å². The summed E-state index contributed by atoms with van der Waals surface area (Å²) in [5, 5.41) is 0. The van der Waals surface area contributed by atoms with Crippen molar-refractivity contribution in [3.63, 3.8) is 0 Å². The van der Waals surface area contributed by atoms with Crippen LogP contribution in [-0.2, 0) is 4.79 Å². The average molecular weight is 305 g/mol. The Morgan fingerprint density at radius 3 is 2.36 bits per heavy atom. The van der Waals surface area contributed by atoms with E-state index >= 15 is 0 Å². The van der Waals surface area contributed by atoms with Gasteiger partial charge in [0.2, 0.25) is 0 Å². The maximum absolute atomic E-state index is 11.8. The van der Waals surface area contributed by atoms with E-state index in [-0.39, 0.29) is 5.41 Å². The molecule has 0 aliphatic heterocycles. The Balaban J connectivity index is 2.30. The molecule has 5 unspecified atom stereocenters. The van der Waals surface area contributed by atoms with Crippen molar-refractivity contribution in [2.45, 2.75) is 86.0 Å². The molecular weight excluding hydrogens is 268 g/mol. The van der Waals surface area contributed by atoms with Crippen LogP contribution in [0.1, 0.15) is 86.0 Å². The van der Waals surface area contributed by atoms with Gasteiger partial charge in [0.25, 0.3) is 0 Å². The lowest BCUT2D eigenvalue weighted by atomic mass is 9.53. The molecule has 1 heteroatoms. The molecule has 1 fully saturated rings. The van der Waals surface area contributed by atoms with E-state index in [0.29, 0.717) is 5.78 Å². The zero-order valence-corrected chi connectivity index (χ0v) is 15.5. The van der Waals surface area contributed by atoms with Crippen LogP contribution in [0.2, 0.25) is 0 Å². The molecule has 0 heterocycles. The standard InChI is InChI=1S/C21H36O/c1-6-8-18-15(3)10-11-20(19(18)9-7-2)21(5)13-12-17(22)14-16(21)4/h14-15,18-20H,6-13H2,1-5H3. The van der Waals surface area contributed by atoms with Crippen LogP contribution in [0.4, 0.5) is 0 Å². The SMILES string of the molecule is CCCC1C(C)CCC(C2(C)CCC(=O)C=C2C)C1CCC. The van der Waals surface area contributed by atoms with Gasteiger partial charge in [-0.2, -0.15) is 0 Å². The highest BCUT2D eigenvalue weighted by Gasteiger charge is 2.46. The van der Waals surface area contributed by atoms with E-state index < -0.39 is 0 Å². The first-order chi connectivity index (χ1) is 10.4. The molecule has 0 bridgehead atoms. The summed E-state index contributed by atoms with van der Waals surface area (Å²) in [6.07, 6.45) is 11.9. The number of hydrogen-bond donors (Lipinski definition) is 0. The molecule has 0 radical (unpaired) electrons. The topological polar surface area (TPSA) is 17.1 Å². The summed E-state index contributed by atoms with van der Waals surface area (Å²) in [5.41, 5.74) is 1.62. The molecule has 5 atom stereocenters. The minimum Gasteiger partial charge on any atom is -0.295 e. The van der Waals surface area contributed by atoms with E-state index in [0.717, 1.165) is 36.5 Å². The summed E-state index contributed by atoms with van der Waals surface area (Å²) in [5.74, 6) is 3.76. The van der Waals surface area contributed by atoms with Gasteiger partial charge in [-0.3, -0.25) is 4.79 Å². The lowest BCUT2D eigenvalue weighted by molar-refractivity contribution is -0.116. The van der Waals surface area contributed by atoms with E-state index in [1.165, 1.54) is 44.1 Å². The summed E-state index contributed by atoms with van der Waals surface area (Å²) in [6.45, 7) is 11.8. The second-order valence-electron chi connectivity index (χ2n) is 8.28. The van der Waals surface area contributed by atoms with Crippen molar-refractivity contribution in [1.82, 2.24) is 0 Å². The first-order valence-corrected chi connectivity index (χ1v) is 9.65. The predicted molar refractivity (Wildman–Crippen MR) is 94.8 cm³/mol. The molecule has 126 valence electrons. The van der Waals surface area contributed by atoms with Gasteiger partial charge in [0.05, 0.1) is 0 Å². The molecule has 2 rings (SSSR count). The molecule has 0 N–H and O–H groups in total. The van der Waals surface area contributed by atoms with Gasteiger partial charge in [-0.15, -0.1) is 0 Å². The van der Waals surface area contributed by atoms with Crippen LogP contribution < -0.4 is 0 Å². The van der Waals surface area contributed by atoms with Crippen molar-refractivity contribution >= 4 is 5.78 Å². The molecule has 0 spiro atoms. The quantitative estimate of drug-likeness (QED) is 0.592. The molecule has 1 nitrogen and oxygen atoms in total. The summed E-state index contributed by atoms with van der Waals surface area (Å²) in [4.78, 5) is 11.8. The van der Waals surface area contributed by atoms with Crippen LogP contribution in [0.3, 0.4) is 0 Å². The van der Waals surface area contributed by atoms with Gasteiger partial charge in [0.1, 0.15) is 0 Å². The zero-order chi connectivity index (χ0) is 16.3. The van der Waals surface area contributed by atoms with Crippen LogP contribution in [0.25, 0.3) is 0 Å². The van der Waals surface area contributed by atoms with Crippen molar-refractivity contribution in [3.05, 3.63) is 11.6 Å². The van der Waals surface area contributed by atoms with E-state index in [9.17, 15) is 4.79 Å². The van der Waals surface area contributed by atoms with Crippen molar-refractivity contribution in [3.8, 4) is 0 Å². The Morgan fingerprint density at radius 2 is 1.77 bits per heavy atom. The van der Waals surface area contributed by atoms with E-state index in [1.54, 1.807) is 0 Å². The van der Waals surface area contributed by atoms with Gasteiger partial charge in [-0.05, 0) is 54.9 Å². The third-order valence-corrected chi connectivity index (χ3v) is 6.96. The smallest absolute Gasteiger partial charge is 0.155 e. The Hall–Kier alpha value is -0.590. The monoisotopic (exact) mass is 304 g/mol. The maximum atomic E-state index is 11.8. The fourth-order valence-electron chi connectivity index (χ4n) is 5.50. The lowest BCUT2D eigenvalue weighted by Crippen LogP contribution is -2.44. The summed E-state index contributed by atoms with van der Waals surface area (Å²) in [6, 6.07) is 0. The number of rotatable bonds is 5. The highest BCUT2D eigenvalue weighted by molar-refractivity contribution is 5.91. The van der Waals surface area contributed by atoms with Gasteiger partial charge < -0.3 is 0 Å². The molecule has 22 heavy (non-hydrogen) atoms.